The van der Waals surface area contributed by atoms with E-state index in [9.17, 15) is 0 Å². The van der Waals surface area contributed by atoms with Crippen molar-refractivity contribution in [3.63, 3.8) is 0 Å². The van der Waals surface area contributed by atoms with Crippen molar-refractivity contribution in [2.45, 2.75) is 38.6 Å². The number of hydrogen-bond acceptors (Lipinski definition) is 2. The lowest BCUT2D eigenvalue weighted by atomic mass is 9.96. The molecule has 3 N–H and O–H groups in total. The van der Waals surface area contributed by atoms with Crippen molar-refractivity contribution in [3.8, 4) is 0 Å². The van der Waals surface area contributed by atoms with Gasteiger partial charge in [0.2, 0.25) is 0 Å². The Labute approximate surface area is 104 Å². The van der Waals surface area contributed by atoms with E-state index in [4.69, 9.17) is 5.84 Å². The van der Waals surface area contributed by atoms with Gasteiger partial charge in [-0.1, -0.05) is 37.1 Å². The minimum atomic E-state index is 0.365. The van der Waals surface area contributed by atoms with Crippen LogP contribution in [0.5, 0.6) is 0 Å². The number of nitrogens with two attached hydrogens (primary N) is 1. The molecule has 3 atom stereocenters. The van der Waals surface area contributed by atoms with E-state index in [1.165, 1.54) is 36.8 Å². The average molecular weight is 230 g/mol. The second-order valence-corrected chi connectivity index (χ2v) is 5.69. The van der Waals surface area contributed by atoms with Crippen molar-refractivity contribution < 1.29 is 0 Å². The summed E-state index contributed by atoms with van der Waals surface area (Å²) in [6.07, 6.45) is 5.67. The van der Waals surface area contributed by atoms with Gasteiger partial charge in [0.1, 0.15) is 0 Å². The lowest BCUT2D eigenvalue weighted by molar-refractivity contribution is 0.455. The highest BCUT2D eigenvalue weighted by molar-refractivity contribution is 5.31. The summed E-state index contributed by atoms with van der Waals surface area (Å²) in [4.78, 5) is 0. The fraction of sp³-hybridized carbons (Fsp3) is 0.600. The highest BCUT2D eigenvalue weighted by Gasteiger charge is 2.54. The third-order valence-corrected chi connectivity index (χ3v) is 4.81. The molecular weight excluding hydrogens is 208 g/mol. The number of hydrogen-bond donors (Lipinski definition) is 2. The SMILES string of the molecule is Cc1ccccc1C(NN)C1C2CCCCC21. The molecule has 17 heavy (non-hydrogen) atoms. The monoisotopic (exact) mass is 230 g/mol. The van der Waals surface area contributed by atoms with Gasteiger partial charge in [-0.25, -0.2) is 0 Å². The van der Waals surface area contributed by atoms with E-state index in [1.807, 2.05) is 0 Å². The van der Waals surface area contributed by atoms with Crippen LogP contribution in [0, 0.1) is 24.7 Å². The van der Waals surface area contributed by atoms with Crippen LogP contribution in [0.1, 0.15) is 42.9 Å². The summed E-state index contributed by atoms with van der Waals surface area (Å²) in [6.45, 7) is 2.19. The van der Waals surface area contributed by atoms with Gasteiger partial charge < -0.3 is 0 Å². The number of hydrazine groups is 1. The van der Waals surface area contributed by atoms with Crippen molar-refractivity contribution in [2.75, 3.05) is 0 Å². The standard InChI is InChI=1S/C15H22N2/c1-10-6-2-3-7-11(10)15(17-16)14-12-8-4-5-9-13(12)14/h2-3,6-7,12-15,17H,4-5,8-9,16H2,1H3. The minimum absolute atomic E-state index is 0.365. The molecular formula is C15H22N2. The van der Waals surface area contributed by atoms with Crippen LogP contribution < -0.4 is 11.3 Å². The molecule has 2 aliphatic rings. The second-order valence-electron chi connectivity index (χ2n) is 5.69. The third-order valence-electron chi connectivity index (χ3n) is 4.81. The first-order valence-corrected chi connectivity index (χ1v) is 6.84. The van der Waals surface area contributed by atoms with Crippen molar-refractivity contribution in [1.29, 1.82) is 0 Å². The first-order chi connectivity index (χ1) is 8.33. The Morgan fingerprint density at radius 3 is 2.41 bits per heavy atom. The summed E-state index contributed by atoms with van der Waals surface area (Å²) >= 11 is 0. The van der Waals surface area contributed by atoms with Crippen LogP contribution in [0.25, 0.3) is 0 Å². The van der Waals surface area contributed by atoms with E-state index >= 15 is 0 Å². The normalized spacial score (nSPS) is 32.9. The summed E-state index contributed by atoms with van der Waals surface area (Å²) in [5, 5.41) is 0. The van der Waals surface area contributed by atoms with Crippen LogP contribution in [0.3, 0.4) is 0 Å². The molecule has 0 aliphatic heterocycles. The molecule has 0 bridgehead atoms. The van der Waals surface area contributed by atoms with Gasteiger partial charge >= 0.3 is 0 Å². The Morgan fingerprint density at radius 1 is 1.18 bits per heavy atom. The van der Waals surface area contributed by atoms with Gasteiger partial charge in [0.25, 0.3) is 0 Å². The molecule has 0 amide bonds. The van der Waals surface area contributed by atoms with Gasteiger partial charge in [0, 0.05) is 6.04 Å². The van der Waals surface area contributed by atoms with Crippen LogP contribution in [-0.2, 0) is 0 Å². The number of fused-ring (bicyclic) bond motifs is 1. The zero-order chi connectivity index (χ0) is 11.8. The highest BCUT2D eigenvalue weighted by Crippen LogP contribution is 2.60. The molecule has 2 aliphatic carbocycles. The summed E-state index contributed by atoms with van der Waals surface area (Å²) in [7, 11) is 0. The zero-order valence-corrected chi connectivity index (χ0v) is 10.5. The Balaban J connectivity index is 1.83. The number of benzene rings is 1. The van der Waals surface area contributed by atoms with Gasteiger partial charge in [0.05, 0.1) is 0 Å². The lowest BCUT2D eigenvalue weighted by Gasteiger charge is -2.19. The molecule has 0 saturated heterocycles. The molecule has 0 aromatic heterocycles. The lowest BCUT2D eigenvalue weighted by Crippen LogP contribution is -2.30. The zero-order valence-electron chi connectivity index (χ0n) is 10.5. The first kappa shape index (κ1) is 11.2. The summed E-state index contributed by atoms with van der Waals surface area (Å²) in [5.74, 6) is 8.47. The van der Waals surface area contributed by atoms with E-state index in [0.29, 0.717) is 6.04 Å². The molecule has 3 rings (SSSR count). The van der Waals surface area contributed by atoms with E-state index in [2.05, 4.69) is 36.6 Å². The second kappa shape index (κ2) is 4.43. The van der Waals surface area contributed by atoms with Crippen LogP contribution in [-0.4, -0.2) is 0 Å². The van der Waals surface area contributed by atoms with Crippen LogP contribution in [0.4, 0.5) is 0 Å². The average Bonchev–Trinajstić information content (AvgIpc) is 3.07. The highest BCUT2D eigenvalue weighted by atomic mass is 15.2. The van der Waals surface area contributed by atoms with E-state index in [-0.39, 0.29) is 0 Å². The Bertz CT molecular complexity index is 390. The van der Waals surface area contributed by atoms with E-state index in [1.54, 1.807) is 0 Å². The van der Waals surface area contributed by atoms with Crippen LogP contribution >= 0.6 is 0 Å². The Kier molecular flexibility index (Phi) is 2.93. The molecule has 92 valence electrons. The third kappa shape index (κ3) is 1.90. The van der Waals surface area contributed by atoms with Crippen LogP contribution in [0.2, 0.25) is 0 Å². The predicted octanol–water partition coefficient (Wildman–Crippen LogP) is 2.94. The van der Waals surface area contributed by atoms with Gasteiger partial charge in [-0.15, -0.1) is 0 Å². The number of nitrogens with one attached hydrogen (secondary N) is 1. The van der Waals surface area contributed by atoms with Crippen LogP contribution in [0.15, 0.2) is 24.3 Å². The maximum Gasteiger partial charge on any atom is 0.0496 e. The molecule has 0 spiro atoms. The smallest absolute Gasteiger partial charge is 0.0496 e. The van der Waals surface area contributed by atoms with Crippen molar-refractivity contribution in [1.82, 2.24) is 5.43 Å². The maximum absolute atomic E-state index is 5.82. The van der Waals surface area contributed by atoms with Gasteiger partial charge in [0.15, 0.2) is 0 Å². The summed E-state index contributed by atoms with van der Waals surface area (Å²) < 4.78 is 0. The first-order valence-electron chi connectivity index (χ1n) is 6.84. The molecule has 1 aromatic carbocycles. The number of rotatable bonds is 3. The molecule has 2 nitrogen and oxygen atoms in total. The van der Waals surface area contributed by atoms with Crippen molar-refractivity contribution in [2.24, 2.45) is 23.6 Å². The molecule has 2 saturated carbocycles. The number of aryl methyl sites for hydroxylation is 1. The molecule has 1 aromatic rings. The predicted molar refractivity (Wildman–Crippen MR) is 70.2 cm³/mol. The van der Waals surface area contributed by atoms with E-state index in [0.717, 1.165) is 17.8 Å². The van der Waals surface area contributed by atoms with Gasteiger partial charge in [-0.05, 0) is 48.6 Å². The van der Waals surface area contributed by atoms with Crippen molar-refractivity contribution >= 4 is 0 Å². The summed E-state index contributed by atoms with van der Waals surface area (Å²) in [6, 6.07) is 9.00. The minimum Gasteiger partial charge on any atom is -0.271 e. The largest absolute Gasteiger partial charge is 0.271 e. The Hall–Kier alpha value is -0.860. The molecule has 0 radical (unpaired) electrons. The molecule has 2 fully saturated rings. The quantitative estimate of drug-likeness (QED) is 0.619. The van der Waals surface area contributed by atoms with Gasteiger partial charge in [-0.2, -0.15) is 0 Å². The molecule has 2 heteroatoms. The van der Waals surface area contributed by atoms with Crippen molar-refractivity contribution in [3.05, 3.63) is 35.4 Å². The Morgan fingerprint density at radius 2 is 1.82 bits per heavy atom. The fourth-order valence-corrected chi connectivity index (χ4v) is 3.89. The molecule has 0 heterocycles. The van der Waals surface area contributed by atoms with E-state index < -0.39 is 0 Å². The fourth-order valence-electron chi connectivity index (χ4n) is 3.89. The molecule has 3 unspecified atom stereocenters. The summed E-state index contributed by atoms with van der Waals surface area (Å²) in [5.41, 5.74) is 5.84. The topological polar surface area (TPSA) is 38.0 Å². The maximum atomic E-state index is 5.82. The van der Waals surface area contributed by atoms with Gasteiger partial charge in [-0.3, -0.25) is 11.3 Å².